The van der Waals surface area contributed by atoms with Crippen molar-refractivity contribution in [2.45, 2.75) is 78.6 Å². The van der Waals surface area contributed by atoms with E-state index < -0.39 is 0 Å². The zero-order valence-electron chi connectivity index (χ0n) is 11.8. The molecule has 0 bridgehead atoms. The third-order valence-electron chi connectivity index (χ3n) is 3.25. The molecule has 1 fully saturated rings. The zero-order valence-corrected chi connectivity index (χ0v) is 11.8. The minimum absolute atomic E-state index is 0.179. The predicted octanol–water partition coefficient (Wildman–Crippen LogP) is 4.76. The van der Waals surface area contributed by atoms with Crippen LogP contribution in [0, 0.1) is 11.3 Å². The Labute approximate surface area is 107 Å². The Morgan fingerprint density at radius 3 is 2.12 bits per heavy atom. The maximum absolute atomic E-state index is 10.8. The molecule has 1 rings (SSSR count). The molecule has 0 aliphatic heterocycles. The van der Waals surface area contributed by atoms with Crippen LogP contribution in [0.15, 0.2) is 0 Å². The van der Waals surface area contributed by atoms with Crippen molar-refractivity contribution in [3.05, 3.63) is 0 Å². The van der Waals surface area contributed by atoms with E-state index in [0.29, 0.717) is 18.6 Å². The van der Waals surface area contributed by atoms with Gasteiger partial charge in [-0.15, -0.1) is 0 Å². The fourth-order valence-electron chi connectivity index (χ4n) is 2.06. The molecule has 0 aromatic heterocycles. The van der Waals surface area contributed by atoms with Crippen molar-refractivity contribution in [3.8, 4) is 0 Å². The van der Waals surface area contributed by atoms with Gasteiger partial charge in [0.25, 0.3) is 0 Å². The molecule has 1 aliphatic carbocycles. The first-order valence-electron chi connectivity index (χ1n) is 7.18. The zero-order chi connectivity index (χ0) is 13.1. The van der Waals surface area contributed by atoms with Crippen LogP contribution in [-0.2, 0) is 4.79 Å². The molecule has 1 N–H and O–H groups in total. The van der Waals surface area contributed by atoms with Crippen molar-refractivity contribution in [3.63, 3.8) is 0 Å². The van der Waals surface area contributed by atoms with Gasteiger partial charge in [0.1, 0.15) is 5.78 Å². The van der Waals surface area contributed by atoms with Crippen LogP contribution in [-0.4, -0.2) is 11.5 Å². The van der Waals surface area contributed by atoms with Crippen LogP contribution in [0.3, 0.4) is 0 Å². The standard InChI is InChI=1S/C8H15NO.C7H14/c1-3-5-7(9)6-8(10)4-2;1-7-5-3-2-4-6-7/h9H,3-6H2,1-2H3;7H,2-6H2,1H3. The van der Waals surface area contributed by atoms with Gasteiger partial charge in [-0.1, -0.05) is 59.3 Å². The molecule has 0 radical (unpaired) electrons. The molecule has 2 heteroatoms. The molecule has 0 heterocycles. The van der Waals surface area contributed by atoms with Gasteiger partial charge in [-0.3, -0.25) is 4.79 Å². The molecule has 0 atom stereocenters. The number of rotatable bonds is 5. The Morgan fingerprint density at radius 1 is 1.18 bits per heavy atom. The lowest BCUT2D eigenvalue weighted by molar-refractivity contribution is -0.117. The van der Waals surface area contributed by atoms with E-state index in [2.05, 4.69) is 6.92 Å². The number of ketones is 1. The van der Waals surface area contributed by atoms with E-state index in [0.717, 1.165) is 18.8 Å². The minimum atomic E-state index is 0.179. The summed E-state index contributed by atoms with van der Waals surface area (Å²) in [7, 11) is 0. The van der Waals surface area contributed by atoms with Gasteiger partial charge in [0.2, 0.25) is 0 Å². The highest BCUT2D eigenvalue weighted by Gasteiger charge is 2.06. The predicted molar refractivity (Wildman–Crippen MR) is 74.8 cm³/mol. The number of Topliss-reactive ketones (excluding diaryl/α,β-unsaturated/α-hetero) is 1. The van der Waals surface area contributed by atoms with Gasteiger partial charge in [-0.25, -0.2) is 0 Å². The van der Waals surface area contributed by atoms with E-state index in [1.54, 1.807) is 0 Å². The number of carbonyl (C=O) groups excluding carboxylic acids is 1. The summed E-state index contributed by atoms with van der Waals surface area (Å²) in [4.78, 5) is 10.8. The van der Waals surface area contributed by atoms with Crippen molar-refractivity contribution in [2.75, 3.05) is 0 Å². The fourth-order valence-corrected chi connectivity index (χ4v) is 2.06. The minimum Gasteiger partial charge on any atom is -0.309 e. The quantitative estimate of drug-likeness (QED) is 0.690. The van der Waals surface area contributed by atoms with Crippen molar-refractivity contribution in [1.29, 1.82) is 5.41 Å². The van der Waals surface area contributed by atoms with Crippen LogP contribution in [0.5, 0.6) is 0 Å². The van der Waals surface area contributed by atoms with Gasteiger partial charge in [0.05, 0.1) is 0 Å². The van der Waals surface area contributed by atoms with Crippen LogP contribution < -0.4 is 0 Å². The molecular formula is C15H29NO. The third kappa shape index (κ3) is 10.2. The lowest BCUT2D eigenvalue weighted by Gasteiger charge is -2.15. The summed E-state index contributed by atoms with van der Waals surface area (Å²) in [5.41, 5.74) is 0.578. The van der Waals surface area contributed by atoms with E-state index in [4.69, 9.17) is 5.41 Å². The molecule has 0 aromatic carbocycles. The number of carbonyl (C=O) groups is 1. The normalized spacial score (nSPS) is 15.9. The van der Waals surface area contributed by atoms with Crippen molar-refractivity contribution in [1.82, 2.24) is 0 Å². The van der Waals surface area contributed by atoms with E-state index in [-0.39, 0.29) is 5.78 Å². The Kier molecular flexibility index (Phi) is 10.1. The Balaban J connectivity index is 0.000000318. The van der Waals surface area contributed by atoms with Crippen LogP contribution in [0.1, 0.15) is 78.6 Å². The average Bonchev–Trinajstić information content (AvgIpc) is 2.31. The number of hydrogen-bond acceptors (Lipinski definition) is 2. The highest BCUT2D eigenvalue weighted by atomic mass is 16.1. The molecule has 2 nitrogen and oxygen atoms in total. The first kappa shape index (κ1) is 16.3. The first-order valence-corrected chi connectivity index (χ1v) is 7.18. The van der Waals surface area contributed by atoms with Gasteiger partial charge in [-0.2, -0.15) is 0 Å². The van der Waals surface area contributed by atoms with Crippen LogP contribution >= 0.6 is 0 Å². The highest BCUT2D eigenvalue weighted by Crippen LogP contribution is 2.22. The molecule has 17 heavy (non-hydrogen) atoms. The lowest BCUT2D eigenvalue weighted by atomic mass is 9.91. The van der Waals surface area contributed by atoms with Crippen LogP contribution in [0.25, 0.3) is 0 Å². The summed E-state index contributed by atoms with van der Waals surface area (Å²) in [6.07, 6.45) is 10.1. The lowest BCUT2D eigenvalue weighted by Crippen LogP contribution is -2.04. The SMILES string of the molecule is CC1CCCCC1.CCCC(=N)CC(=O)CC. The van der Waals surface area contributed by atoms with Crippen molar-refractivity contribution < 1.29 is 4.79 Å². The molecule has 1 saturated carbocycles. The molecule has 100 valence electrons. The smallest absolute Gasteiger partial charge is 0.138 e. The van der Waals surface area contributed by atoms with Crippen molar-refractivity contribution in [2.24, 2.45) is 5.92 Å². The first-order chi connectivity index (χ1) is 8.10. The summed E-state index contributed by atoms with van der Waals surface area (Å²) >= 11 is 0. The second-order valence-electron chi connectivity index (χ2n) is 5.17. The summed E-state index contributed by atoms with van der Waals surface area (Å²) in [6.45, 7) is 6.21. The molecule has 0 amide bonds. The highest BCUT2D eigenvalue weighted by molar-refractivity contribution is 6.00. The van der Waals surface area contributed by atoms with Gasteiger partial charge < -0.3 is 5.41 Å². The fraction of sp³-hybridized carbons (Fsp3) is 0.867. The van der Waals surface area contributed by atoms with Gasteiger partial charge in [-0.05, 0) is 12.3 Å². The molecule has 1 aliphatic rings. The van der Waals surface area contributed by atoms with Gasteiger partial charge in [0, 0.05) is 18.6 Å². The number of hydrogen-bond donors (Lipinski definition) is 1. The van der Waals surface area contributed by atoms with E-state index >= 15 is 0 Å². The molecular weight excluding hydrogens is 210 g/mol. The molecule has 0 unspecified atom stereocenters. The van der Waals surface area contributed by atoms with Crippen LogP contribution in [0.2, 0.25) is 0 Å². The van der Waals surface area contributed by atoms with Gasteiger partial charge >= 0.3 is 0 Å². The summed E-state index contributed by atoms with van der Waals surface area (Å²) in [5, 5.41) is 7.30. The van der Waals surface area contributed by atoms with Gasteiger partial charge in [0.15, 0.2) is 0 Å². The van der Waals surface area contributed by atoms with Crippen molar-refractivity contribution >= 4 is 11.5 Å². The maximum Gasteiger partial charge on any atom is 0.138 e. The van der Waals surface area contributed by atoms with E-state index in [9.17, 15) is 4.79 Å². The molecule has 0 spiro atoms. The third-order valence-corrected chi connectivity index (χ3v) is 3.25. The maximum atomic E-state index is 10.8. The monoisotopic (exact) mass is 239 g/mol. The van der Waals surface area contributed by atoms with E-state index in [1.165, 1.54) is 32.1 Å². The summed E-state index contributed by atoms with van der Waals surface area (Å²) in [5.74, 6) is 1.22. The van der Waals surface area contributed by atoms with Crippen LogP contribution in [0.4, 0.5) is 0 Å². The Hall–Kier alpha value is -0.660. The summed E-state index contributed by atoms with van der Waals surface area (Å²) < 4.78 is 0. The average molecular weight is 239 g/mol. The van der Waals surface area contributed by atoms with E-state index in [1.807, 2.05) is 13.8 Å². The second-order valence-corrected chi connectivity index (χ2v) is 5.17. The molecule has 0 saturated heterocycles. The topological polar surface area (TPSA) is 40.9 Å². The Bertz CT molecular complexity index is 217. The second kappa shape index (κ2) is 10.5. The number of nitrogens with one attached hydrogen (secondary N) is 1. The summed E-state index contributed by atoms with van der Waals surface area (Å²) in [6, 6.07) is 0. The Morgan fingerprint density at radius 2 is 1.76 bits per heavy atom. The molecule has 0 aromatic rings. The largest absolute Gasteiger partial charge is 0.309 e.